The molecule has 0 bridgehead atoms. The Balaban J connectivity index is 0.000000144. The van der Waals surface area contributed by atoms with E-state index in [1.807, 2.05) is 191 Å². The highest BCUT2D eigenvalue weighted by Crippen LogP contribution is 2.42. The van der Waals surface area contributed by atoms with Crippen molar-refractivity contribution in [2.24, 2.45) is 39.8 Å². The fourth-order valence-electron chi connectivity index (χ4n) is 16.3. The molecule has 17 aromatic rings. The van der Waals surface area contributed by atoms with Crippen molar-refractivity contribution < 1.29 is 57.0 Å². The second-order valence-electron chi connectivity index (χ2n) is 33.2. The summed E-state index contributed by atoms with van der Waals surface area (Å²) >= 11 is 0. The van der Waals surface area contributed by atoms with Gasteiger partial charge in [0.1, 0.15) is 52.0 Å². The number of fused-ring (bicyclic) bond motifs is 4. The molecule has 4 N–H and O–H groups in total. The number of nitriles is 1. The summed E-state index contributed by atoms with van der Waals surface area (Å²) in [6.45, 7) is 9.03. The number of carbonyl (C=O) groups excluding carboxylic acids is 2. The number of hydrogen-bond donors (Lipinski definition) is 3. The third kappa shape index (κ3) is 25.1. The van der Waals surface area contributed by atoms with Gasteiger partial charge in [-0.15, -0.1) is 0 Å². The van der Waals surface area contributed by atoms with Gasteiger partial charge in [0.05, 0.1) is 194 Å². The summed E-state index contributed by atoms with van der Waals surface area (Å²) in [6, 6.07) is 47.9. The summed E-state index contributed by atoms with van der Waals surface area (Å²) < 4.78 is 61.7. The SMILES string of the molecule is CCOC(=O)C(C)N(c1cc(OC)cc(OC)c1)c1ccc2ncc(-c3cnn(C)c3)nc2c1.COc1cc(OC)cc(N(CC2CCN(c3nccc(OC)n3)C2)c2ccc3ncc(-c4cnn(C)c4)nc3c2)c1.COc1cc(OC)cc(N(CCCNC#N)c2ccc3ncc(-c4cnn(C)c4)nc3c2)c1.COc1cc(OC)cc(N(CCCNCC(N)=O)c2ccc3ncc(-c4cnn(C)c4)nc3c2)c1. The number of benzene rings is 8. The summed E-state index contributed by atoms with van der Waals surface area (Å²) in [5.74, 6) is 6.31. The summed E-state index contributed by atoms with van der Waals surface area (Å²) in [5.41, 5.74) is 25.2. The molecule has 0 spiro atoms. The maximum atomic E-state index is 12.8. The van der Waals surface area contributed by atoms with Crippen molar-refractivity contribution in [3.05, 3.63) is 232 Å². The summed E-state index contributed by atoms with van der Waals surface area (Å²) in [5, 5.41) is 31.5. The molecule has 1 fully saturated rings. The van der Waals surface area contributed by atoms with E-state index in [0.717, 1.165) is 168 Å². The number of nitrogens with zero attached hydrogens (tertiary/aromatic N) is 24. The maximum Gasteiger partial charge on any atom is 0.328 e. The molecule has 1 saturated heterocycles. The van der Waals surface area contributed by atoms with Crippen LogP contribution in [-0.4, -0.2) is 230 Å². The lowest BCUT2D eigenvalue weighted by molar-refractivity contribution is -0.144. The van der Waals surface area contributed by atoms with Crippen molar-refractivity contribution in [2.75, 3.05) is 147 Å². The Morgan fingerprint density at radius 2 is 0.783 bits per heavy atom. The van der Waals surface area contributed by atoms with Gasteiger partial charge in [-0.25, -0.2) is 29.7 Å². The van der Waals surface area contributed by atoms with Crippen LogP contribution in [0.2, 0.25) is 0 Å². The van der Waals surface area contributed by atoms with Crippen molar-refractivity contribution in [1.29, 1.82) is 5.26 Å². The zero-order valence-electron chi connectivity index (χ0n) is 82.3. The van der Waals surface area contributed by atoms with Gasteiger partial charge in [0.2, 0.25) is 17.7 Å². The fraction of sp³-hybridized carbons (Fsp3) is 0.279. The number of hydrogen-bond acceptors (Lipinski definition) is 34. The van der Waals surface area contributed by atoms with Crippen molar-refractivity contribution in [3.63, 3.8) is 0 Å². The number of aryl methyl sites for hydroxylation is 4. The monoisotopic (exact) mass is 1930 g/mol. The number of anilines is 9. The second kappa shape index (κ2) is 47.2. The summed E-state index contributed by atoms with van der Waals surface area (Å²) in [4.78, 5) is 81.3. The largest absolute Gasteiger partial charge is 0.497 e. The Labute approximate surface area is 826 Å². The zero-order chi connectivity index (χ0) is 101. The lowest BCUT2D eigenvalue weighted by atomic mass is 10.1. The normalized spacial score (nSPS) is 12.2. The average Bonchev–Trinajstić information content (AvgIpc) is 1.31. The molecule has 9 aromatic heterocycles. The molecule has 39 nitrogen and oxygen atoms in total. The van der Waals surface area contributed by atoms with Gasteiger partial charge in [-0.05, 0) is 118 Å². The standard InChI is InChI=1S/C30H32N8O3.C25H29N7O3.C25H27N5O4.C24H25N7O2/c1-36-19-21(15-33-36)28-16-32-26-6-5-22(13-27(26)34-28)38(23-11-24(39-2)14-25(12-23)40-3)18-20-8-10-37(17-20)30-31-9-7-29(35-30)41-4;1-31-16-17(13-29-31)24-14-28-22-6-5-18(11-23(22)30-24)32(8-4-7-27-15-25(26)33)19-9-20(34-2)12-21(10-19)35-3;1-6-34-25(31)16(2)30(19-9-20(32-4)12-21(10-19)33-5)18-7-8-22-23(11-18)28-24(14-26-22)17-13-27-29(3)15-17;1-30-15-17(13-28-30)24-14-27-22-6-5-18(11-23(22)29-24)31(8-4-7-26-16-25)19-9-20(32-2)12-21(10-19)33-3/h5-7,9,11-16,19-20H,8,10,17-18H2,1-4H3;5-6,9-14,16,27H,4,7-8,15H2,1-3H3,(H2,26,33);7-16H,6H2,1-5H3;5-6,9-15,26H,4,7-8H2,1-3H3. The average molecular weight is 1930 g/mol. The van der Waals surface area contributed by atoms with E-state index in [2.05, 4.69) is 92.7 Å². The minimum absolute atomic E-state index is 0.148. The molecule has 143 heavy (non-hydrogen) atoms. The highest BCUT2D eigenvalue weighted by Gasteiger charge is 2.31. The molecule has 1 aliphatic rings. The number of primary amides is 1. The molecule has 2 atom stereocenters. The molecule has 10 heterocycles. The van der Waals surface area contributed by atoms with Crippen LogP contribution >= 0.6 is 0 Å². The van der Waals surface area contributed by atoms with Crippen LogP contribution in [0.4, 0.5) is 51.4 Å². The molecule has 8 aromatic carbocycles. The predicted octanol–water partition coefficient (Wildman–Crippen LogP) is 14.9. The van der Waals surface area contributed by atoms with Gasteiger partial charge in [0.15, 0.2) is 6.19 Å². The molecule has 39 heteroatoms. The van der Waals surface area contributed by atoms with Crippen LogP contribution in [0, 0.1) is 17.4 Å². The third-order valence-corrected chi connectivity index (χ3v) is 23.5. The van der Waals surface area contributed by atoms with Crippen LogP contribution < -0.4 is 83.5 Å². The Morgan fingerprint density at radius 3 is 1.13 bits per heavy atom. The Kier molecular flexibility index (Phi) is 33.0. The Bertz CT molecular complexity index is 7220. The second-order valence-corrected chi connectivity index (χ2v) is 33.2. The molecule has 2 unspecified atom stereocenters. The Hall–Kier alpha value is -17.6. The van der Waals surface area contributed by atoms with E-state index in [1.165, 1.54) is 0 Å². The maximum absolute atomic E-state index is 12.8. The minimum Gasteiger partial charge on any atom is -0.497 e. The van der Waals surface area contributed by atoms with Crippen LogP contribution in [0.25, 0.3) is 89.2 Å². The van der Waals surface area contributed by atoms with E-state index in [4.69, 9.17) is 78.3 Å². The zero-order valence-corrected chi connectivity index (χ0v) is 82.3. The fourth-order valence-corrected chi connectivity index (χ4v) is 16.3. The predicted molar refractivity (Wildman–Crippen MR) is 548 cm³/mol. The highest BCUT2D eigenvalue weighted by atomic mass is 16.5. The smallest absolute Gasteiger partial charge is 0.328 e. The van der Waals surface area contributed by atoms with E-state index in [-0.39, 0.29) is 25.0 Å². The van der Waals surface area contributed by atoms with Crippen molar-refractivity contribution in [3.8, 4) is 103 Å². The van der Waals surface area contributed by atoms with Gasteiger partial charge in [-0.1, -0.05) is 0 Å². The van der Waals surface area contributed by atoms with E-state index < -0.39 is 6.04 Å². The van der Waals surface area contributed by atoms with E-state index >= 15 is 0 Å². The number of aromatic nitrogens is 18. The topological polar surface area (TPSA) is 417 Å². The van der Waals surface area contributed by atoms with Gasteiger partial charge in [0, 0.05) is 245 Å². The lowest BCUT2D eigenvalue weighted by Crippen LogP contribution is -2.37. The van der Waals surface area contributed by atoms with E-state index in [0.29, 0.717) is 95.3 Å². The molecule has 736 valence electrons. The molecule has 0 saturated carbocycles. The van der Waals surface area contributed by atoms with E-state index in [9.17, 15) is 9.59 Å². The summed E-state index contributed by atoms with van der Waals surface area (Å²) in [6.07, 6.45) is 28.0. The van der Waals surface area contributed by atoms with Gasteiger partial charge in [-0.2, -0.15) is 30.6 Å². The van der Waals surface area contributed by atoms with Crippen LogP contribution in [0.3, 0.4) is 0 Å². The number of nitrogens with one attached hydrogen (secondary N) is 2. The molecule has 18 rings (SSSR count). The van der Waals surface area contributed by atoms with Crippen molar-refractivity contribution in [2.45, 2.75) is 39.2 Å². The van der Waals surface area contributed by atoms with Crippen LogP contribution in [-0.2, 0) is 42.5 Å². The highest BCUT2D eigenvalue weighted by molar-refractivity contribution is 5.90. The van der Waals surface area contributed by atoms with Gasteiger partial charge in [0.25, 0.3) is 0 Å². The molecule has 0 aliphatic carbocycles. The van der Waals surface area contributed by atoms with Crippen LogP contribution in [0.15, 0.2) is 232 Å². The number of carbonyl (C=O) groups is 2. The molecular weight excluding hydrogens is 1820 g/mol. The summed E-state index contributed by atoms with van der Waals surface area (Å²) in [7, 11) is 22.1. The number of amides is 1. The third-order valence-electron chi connectivity index (χ3n) is 23.5. The molecule has 0 radical (unpaired) electrons. The number of methoxy groups -OCH3 is 9. The first-order valence-electron chi connectivity index (χ1n) is 46.0. The Morgan fingerprint density at radius 1 is 0.427 bits per heavy atom. The number of ether oxygens (including phenoxy) is 10. The number of rotatable bonds is 37. The first-order chi connectivity index (χ1) is 69.5. The first kappa shape index (κ1) is 99.9. The molecular formula is C104H113N27O12. The quantitative estimate of drug-likeness (QED) is 0.0141. The molecule has 1 amide bonds. The first-order valence-corrected chi connectivity index (χ1v) is 46.0. The van der Waals surface area contributed by atoms with Crippen LogP contribution in [0.1, 0.15) is 33.1 Å². The van der Waals surface area contributed by atoms with Crippen molar-refractivity contribution in [1.82, 2.24) is 99.6 Å². The van der Waals surface area contributed by atoms with Gasteiger partial charge in [-0.3, -0.25) is 43.5 Å². The van der Waals surface area contributed by atoms with Crippen molar-refractivity contribution >= 4 is 107 Å². The van der Waals surface area contributed by atoms with Gasteiger partial charge >= 0.3 is 5.97 Å². The van der Waals surface area contributed by atoms with Gasteiger partial charge < -0.3 is 88.2 Å². The van der Waals surface area contributed by atoms with Crippen LogP contribution in [0.5, 0.6) is 51.9 Å². The van der Waals surface area contributed by atoms with E-state index in [1.54, 1.807) is 164 Å². The number of nitrogens with two attached hydrogens (primary N) is 1. The minimum atomic E-state index is -0.622. The molecule has 1 aliphatic heterocycles. The number of esters is 1. The lowest BCUT2D eigenvalue weighted by Gasteiger charge is -2.30.